The number of nitrogens with zero attached hydrogens (tertiary/aromatic N) is 1. The van der Waals surface area contributed by atoms with Gasteiger partial charge in [-0.25, -0.2) is 4.39 Å². The SMILES string of the molecule is CC(N)C(c1cccc(F)c1)N1CCCC1(C)C. The lowest BCUT2D eigenvalue weighted by Crippen LogP contribution is -2.47. The molecule has 1 aromatic carbocycles. The summed E-state index contributed by atoms with van der Waals surface area (Å²) in [5, 5.41) is 0. The number of nitrogens with two attached hydrogens (primary N) is 1. The molecule has 18 heavy (non-hydrogen) atoms. The summed E-state index contributed by atoms with van der Waals surface area (Å²) in [4.78, 5) is 2.42. The third-order valence-electron chi connectivity index (χ3n) is 3.99. The molecule has 1 fully saturated rings. The van der Waals surface area contributed by atoms with E-state index >= 15 is 0 Å². The van der Waals surface area contributed by atoms with E-state index in [0.29, 0.717) is 0 Å². The van der Waals surface area contributed by atoms with Gasteiger partial charge in [-0.3, -0.25) is 4.90 Å². The van der Waals surface area contributed by atoms with Gasteiger partial charge in [0.05, 0.1) is 6.04 Å². The van der Waals surface area contributed by atoms with Crippen molar-refractivity contribution in [3.63, 3.8) is 0 Å². The molecule has 1 saturated heterocycles. The van der Waals surface area contributed by atoms with E-state index < -0.39 is 0 Å². The summed E-state index contributed by atoms with van der Waals surface area (Å²) < 4.78 is 13.4. The van der Waals surface area contributed by atoms with Crippen molar-refractivity contribution in [3.8, 4) is 0 Å². The van der Waals surface area contributed by atoms with E-state index in [2.05, 4.69) is 18.7 Å². The minimum Gasteiger partial charge on any atom is -0.326 e. The number of likely N-dealkylation sites (tertiary alicyclic amines) is 1. The summed E-state index contributed by atoms with van der Waals surface area (Å²) in [6, 6.07) is 6.93. The summed E-state index contributed by atoms with van der Waals surface area (Å²) in [6.45, 7) is 7.53. The summed E-state index contributed by atoms with van der Waals surface area (Å²) in [6.07, 6.45) is 2.36. The van der Waals surface area contributed by atoms with Crippen molar-refractivity contribution in [2.24, 2.45) is 5.73 Å². The molecular formula is C15H23FN2. The van der Waals surface area contributed by atoms with Crippen molar-refractivity contribution >= 4 is 0 Å². The number of halogens is 1. The molecule has 1 aromatic rings. The largest absolute Gasteiger partial charge is 0.326 e. The zero-order valence-corrected chi connectivity index (χ0v) is 11.5. The molecule has 2 N–H and O–H groups in total. The van der Waals surface area contributed by atoms with Crippen molar-refractivity contribution in [3.05, 3.63) is 35.6 Å². The minimum atomic E-state index is -0.185. The summed E-state index contributed by atoms with van der Waals surface area (Å²) in [7, 11) is 0. The molecule has 1 heterocycles. The molecular weight excluding hydrogens is 227 g/mol. The zero-order valence-electron chi connectivity index (χ0n) is 11.5. The molecule has 2 unspecified atom stereocenters. The standard InChI is InChI=1S/C15H23FN2/c1-11(17)14(12-6-4-7-13(16)10-12)18-9-5-8-15(18,2)3/h4,6-7,10-11,14H,5,8-9,17H2,1-3H3. The van der Waals surface area contributed by atoms with Crippen LogP contribution < -0.4 is 5.73 Å². The maximum Gasteiger partial charge on any atom is 0.123 e. The smallest absolute Gasteiger partial charge is 0.123 e. The Kier molecular flexibility index (Phi) is 3.74. The first kappa shape index (κ1) is 13.5. The average molecular weight is 250 g/mol. The van der Waals surface area contributed by atoms with Crippen LogP contribution in [-0.4, -0.2) is 23.0 Å². The van der Waals surface area contributed by atoms with Gasteiger partial charge in [-0.2, -0.15) is 0 Å². The van der Waals surface area contributed by atoms with Crippen LogP contribution >= 0.6 is 0 Å². The second-order valence-electron chi connectivity index (χ2n) is 5.97. The maximum absolute atomic E-state index is 13.4. The highest BCUT2D eigenvalue weighted by atomic mass is 19.1. The van der Waals surface area contributed by atoms with E-state index in [9.17, 15) is 4.39 Å². The van der Waals surface area contributed by atoms with Gasteiger partial charge in [-0.05, 0) is 57.9 Å². The van der Waals surface area contributed by atoms with Gasteiger partial charge in [0.2, 0.25) is 0 Å². The van der Waals surface area contributed by atoms with Crippen molar-refractivity contribution in [1.29, 1.82) is 0 Å². The molecule has 0 saturated carbocycles. The number of hydrogen-bond acceptors (Lipinski definition) is 2. The van der Waals surface area contributed by atoms with Gasteiger partial charge < -0.3 is 5.73 Å². The van der Waals surface area contributed by atoms with Crippen LogP contribution in [0.2, 0.25) is 0 Å². The van der Waals surface area contributed by atoms with Crippen LogP contribution in [0.15, 0.2) is 24.3 Å². The first-order valence-corrected chi connectivity index (χ1v) is 6.69. The Balaban J connectivity index is 2.35. The summed E-state index contributed by atoms with van der Waals surface area (Å²) in [5.41, 5.74) is 7.29. The first-order valence-electron chi connectivity index (χ1n) is 6.69. The van der Waals surface area contributed by atoms with Gasteiger partial charge in [-0.1, -0.05) is 12.1 Å². The quantitative estimate of drug-likeness (QED) is 0.893. The molecule has 2 rings (SSSR count). The van der Waals surface area contributed by atoms with Crippen LogP contribution in [0.4, 0.5) is 4.39 Å². The molecule has 1 aliphatic rings. The molecule has 3 heteroatoms. The fraction of sp³-hybridized carbons (Fsp3) is 0.600. The van der Waals surface area contributed by atoms with Gasteiger partial charge in [-0.15, -0.1) is 0 Å². The van der Waals surface area contributed by atoms with Crippen LogP contribution in [0, 0.1) is 5.82 Å². The van der Waals surface area contributed by atoms with Gasteiger partial charge >= 0.3 is 0 Å². The summed E-state index contributed by atoms with van der Waals surface area (Å²) in [5.74, 6) is -0.185. The van der Waals surface area contributed by atoms with Gasteiger partial charge in [0.25, 0.3) is 0 Å². The maximum atomic E-state index is 13.4. The van der Waals surface area contributed by atoms with Crippen LogP contribution in [-0.2, 0) is 0 Å². The fourth-order valence-corrected chi connectivity index (χ4v) is 3.10. The second kappa shape index (κ2) is 4.98. The number of benzene rings is 1. The number of rotatable bonds is 3. The van der Waals surface area contributed by atoms with E-state index in [1.54, 1.807) is 12.1 Å². The Labute approximate surface area is 109 Å². The topological polar surface area (TPSA) is 29.3 Å². The monoisotopic (exact) mass is 250 g/mol. The Morgan fingerprint density at radius 3 is 2.61 bits per heavy atom. The molecule has 2 atom stereocenters. The molecule has 0 aromatic heterocycles. The average Bonchev–Trinajstić information content (AvgIpc) is 2.59. The zero-order chi connectivity index (χ0) is 13.3. The molecule has 0 radical (unpaired) electrons. The van der Waals surface area contributed by atoms with Crippen molar-refractivity contribution < 1.29 is 4.39 Å². The summed E-state index contributed by atoms with van der Waals surface area (Å²) >= 11 is 0. The first-order chi connectivity index (χ1) is 8.42. The highest BCUT2D eigenvalue weighted by molar-refractivity contribution is 5.22. The van der Waals surface area contributed by atoms with E-state index in [0.717, 1.165) is 12.1 Å². The van der Waals surface area contributed by atoms with E-state index in [1.807, 2.05) is 13.0 Å². The highest BCUT2D eigenvalue weighted by Crippen LogP contribution is 2.37. The Hall–Kier alpha value is -0.930. The molecule has 0 amide bonds. The van der Waals surface area contributed by atoms with E-state index in [4.69, 9.17) is 5.73 Å². The Morgan fingerprint density at radius 1 is 1.39 bits per heavy atom. The van der Waals surface area contributed by atoms with E-state index in [-0.39, 0.29) is 23.4 Å². The van der Waals surface area contributed by atoms with Gasteiger partial charge in [0, 0.05) is 11.6 Å². The van der Waals surface area contributed by atoms with Crippen LogP contribution in [0.25, 0.3) is 0 Å². The van der Waals surface area contributed by atoms with Crippen LogP contribution in [0.1, 0.15) is 45.2 Å². The predicted octanol–water partition coefficient (Wildman–Crippen LogP) is 3.09. The van der Waals surface area contributed by atoms with Crippen molar-refractivity contribution in [1.82, 2.24) is 4.90 Å². The van der Waals surface area contributed by atoms with Gasteiger partial charge in [0.1, 0.15) is 5.82 Å². The van der Waals surface area contributed by atoms with E-state index in [1.165, 1.54) is 18.9 Å². The van der Waals surface area contributed by atoms with Crippen molar-refractivity contribution in [2.75, 3.05) is 6.54 Å². The van der Waals surface area contributed by atoms with Gasteiger partial charge in [0.15, 0.2) is 0 Å². The van der Waals surface area contributed by atoms with Crippen LogP contribution in [0.3, 0.4) is 0 Å². The lowest BCUT2D eigenvalue weighted by Gasteiger charge is -2.40. The molecule has 0 bridgehead atoms. The third-order valence-corrected chi connectivity index (χ3v) is 3.99. The molecule has 0 aliphatic carbocycles. The normalized spacial score (nSPS) is 22.9. The highest BCUT2D eigenvalue weighted by Gasteiger charge is 2.38. The predicted molar refractivity (Wildman–Crippen MR) is 72.8 cm³/mol. The Morgan fingerprint density at radius 2 is 2.11 bits per heavy atom. The minimum absolute atomic E-state index is 0.0100. The fourth-order valence-electron chi connectivity index (χ4n) is 3.10. The molecule has 0 spiro atoms. The molecule has 1 aliphatic heterocycles. The third kappa shape index (κ3) is 2.57. The van der Waals surface area contributed by atoms with Crippen molar-refractivity contribution in [2.45, 2.75) is 51.2 Å². The molecule has 2 nitrogen and oxygen atoms in total. The second-order valence-corrected chi connectivity index (χ2v) is 5.97. The number of hydrogen-bond donors (Lipinski definition) is 1. The lowest BCUT2D eigenvalue weighted by atomic mass is 9.94. The van der Waals surface area contributed by atoms with Crippen LogP contribution in [0.5, 0.6) is 0 Å². The Bertz CT molecular complexity index is 415. The molecule has 100 valence electrons. The lowest BCUT2D eigenvalue weighted by molar-refractivity contribution is 0.101.